The van der Waals surface area contributed by atoms with E-state index in [1.54, 1.807) is 0 Å². The van der Waals surface area contributed by atoms with Crippen molar-refractivity contribution in [1.29, 1.82) is 0 Å². The van der Waals surface area contributed by atoms with Gasteiger partial charge in [0.1, 0.15) is 17.3 Å². The van der Waals surface area contributed by atoms with Crippen LogP contribution in [-0.4, -0.2) is 45.4 Å². The van der Waals surface area contributed by atoms with Crippen molar-refractivity contribution in [2.45, 2.75) is 31.9 Å². The van der Waals surface area contributed by atoms with Crippen LogP contribution >= 0.6 is 0 Å². The summed E-state index contributed by atoms with van der Waals surface area (Å²) >= 11 is 0. The van der Waals surface area contributed by atoms with Crippen LogP contribution in [0.5, 0.6) is 11.5 Å². The quantitative estimate of drug-likeness (QED) is 0.362. The molecule has 10 heteroatoms. The minimum absolute atomic E-state index is 0.195. The number of carboxylic acids is 1. The lowest BCUT2D eigenvalue weighted by molar-refractivity contribution is -0.192. The van der Waals surface area contributed by atoms with Gasteiger partial charge in [-0.05, 0) is 72.0 Å². The van der Waals surface area contributed by atoms with Crippen molar-refractivity contribution in [3.05, 3.63) is 72.3 Å². The Kier molecular flexibility index (Phi) is 7.42. The van der Waals surface area contributed by atoms with E-state index in [0.29, 0.717) is 6.61 Å². The van der Waals surface area contributed by atoms with Gasteiger partial charge in [0.05, 0.1) is 30.2 Å². The Bertz CT molecular complexity index is 1340. The fraction of sp³-hybridized carbons (Fsp3) is 0.269. The summed E-state index contributed by atoms with van der Waals surface area (Å²) in [5.41, 5.74) is 5.49. The molecule has 0 radical (unpaired) electrons. The highest BCUT2D eigenvalue weighted by Crippen LogP contribution is 2.35. The average molecular weight is 499 g/mol. The first-order valence-electron chi connectivity index (χ1n) is 11.3. The first-order valence-corrected chi connectivity index (χ1v) is 11.3. The predicted molar refractivity (Wildman–Crippen MR) is 127 cm³/mol. The number of hydrogen-bond acceptors (Lipinski definition) is 5. The van der Waals surface area contributed by atoms with E-state index in [4.69, 9.17) is 24.4 Å². The smallest absolute Gasteiger partial charge is 0.490 e. The Morgan fingerprint density at radius 3 is 2.58 bits per heavy atom. The molecular formula is C26H24F3N3O4. The molecule has 2 aromatic carbocycles. The Morgan fingerprint density at radius 2 is 1.89 bits per heavy atom. The highest BCUT2D eigenvalue weighted by Gasteiger charge is 2.38. The van der Waals surface area contributed by atoms with E-state index in [1.807, 2.05) is 36.7 Å². The van der Waals surface area contributed by atoms with E-state index in [-0.39, 0.29) is 5.92 Å². The van der Waals surface area contributed by atoms with Crippen molar-refractivity contribution >= 4 is 17.0 Å². The second kappa shape index (κ2) is 10.7. The lowest BCUT2D eigenvalue weighted by atomic mass is 9.96. The van der Waals surface area contributed by atoms with Gasteiger partial charge in [-0.25, -0.2) is 9.78 Å². The highest BCUT2D eigenvalue weighted by atomic mass is 19.4. The molecule has 7 nitrogen and oxygen atoms in total. The van der Waals surface area contributed by atoms with Gasteiger partial charge in [0, 0.05) is 12.4 Å². The third-order valence-corrected chi connectivity index (χ3v) is 5.55. The normalized spacial score (nSPS) is 14.8. The Morgan fingerprint density at radius 1 is 1.14 bits per heavy atom. The van der Waals surface area contributed by atoms with Gasteiger partial charge in [0.25, 0.3) is 0 Å². The van der Waals surface area contributed by atoms with Gasteiger partial charge in [-0.15, -0.1) is 0 Å². The molecule has 1 aliphatic heterocycles. The zero-order chi connectivity index (χ0) is 25.7. The first-order chi connectivity index (χ1) is 17.2. The summed E-state index contributed by atoms with van der Waals surface area (Å²) in [6.45, 7) is 3.46. The SMILES string of the molecule is CCCOc1ccc2c(c1)CC(c1nc3ccc(-c4ccncc4)cc3[nH]1)CO2.O=C(O)C(F)(F)F. The number of ether oxygens (including phenoxy) is 2. The minimum atomic E-state index is -5.08. The number of nitrogens with zero attached hydrogens (tertiary/aromatic N) is 2. The van der Waals surface area contributed by atoms with Crippen LogP contribution in [-0.2, 0) is 11.2 Å². The molecule has 2 N–H and O–H groups in total. The van der Waals surface area contributed by atoms with Crippen LogP contribution in [0.15, 0.2) is 60.9 Å². The number of alkyl halides is 3. The van der Waals surface area contributed by atoms with Gasteiger partial charge in [-0.2, -0.15) is 13.2 Å². The molecule has 0 amide bonds. The zero-order valence-corrected chi connectivity index (χ0v) is 19.4. The number of rotatable bonds is 5. The molecule has 1 unspecified atom stereocenters. The first kappa shape index (κ1) is 25.0. The largest absolute Gasteiger partial charge is 0.494 e. The van der Waals surface area contributed by atoms with Crippen molar-refractivity contribution in [2.75, 3.05) is 13.2 Å². The summed E-state index contributed by atoms with van der Waals surface area (Å²) in [5.74, 6) is 0.258. The molecule has 0 saturated carbocycles. The molecule has 188 valence electrons. The number of fused-ring (bicyclic) bond motifs is 2. The fourth-order valence-corrected chi connectivity index (χ4v) is 3.80. The lowest BCUT2D eigenvalue weighted by Gasteiger charge is -2.24. The number of carbonyl (C=O) groups is 1. The topological polar surface area (TPSA) is 97.3 Å². The summed E-state index contributed by atoms with van der Waals surface area (Å²) in [6, 6.07) is 16.4. The molecule has 1 aliphatic rings. The number of H-pyrrole nitrogens is 1. The lowest BCUT2D eigenvalue weighted by Crippen LogP contribution is -2.21. The van der Waals surface area contributed by atoms with E-state index >= 15 is 0 Å². The van der Waals surface area contributed by atoms with Crippen LogP contribution in [0, 0.1) is 0 Å². The second-order valence-corrected chi connectivity index (χ2v) is 8.22. The molecule has 0 bridgehead atoms. The molecule has 5 rings (SSSR count). The van der Waals surface area contributed by atoms with Gasteiger partial charge in [-0.1, -0.05) is 13.0 Å². The van der Waals surface area contributed by atoms with E-state index in [9.17, 15) is 13.2 Å². The highest BCUT2D eigenvalue weighted by molar-refractivity contribution is 5.82. The van der Waals surface area contributed by atoms with E-state index in [2.05, 4.69) is 41.2 Å². The summed E-state index contributed by atoms with van der Waals surface area (Å²) < 4.78 is 43.5. The van der Waals surface area contributed by atoms with E-state index in [1.165, 1.54) is 5.56 Å². The Hall–Kier alpha value is -4.08. The molecular weight excluding hydrogens is 475 g/mol. The molecule has 0 saturated heterocycles. The van der Waals surface area contributed by atoms with Crippen molar-refractivity contribution in [2.24, 2.45) is 0 Å². The van der Waals surface area contributed by atoms with Gasteiger partial charge >= 0.3 is 12.1 Å². The number of aromatic nitrogens is 3. The Balaban J connectivity index is 0.000000384. The summed E-state index contributed by atoms with van der Waals surface area (Å²) in [4.78, 5) is 21.3. The second-order valence-electron chi connectivity index (χ2n) is 8.22. The van der Waals surface area contributed by atoms with Crippen molar-refractivity contribution in [1.82, 2.24) is 15.0 Å². The number of halogens is 3. The number of nitrogens with one attached hydrogen (secondary N) is 1. The standard InChI is InChI=1S/C24H23N3O2.C2HF3O2/c1-2-11-28-20-4-6-23-18(13-20)12-19(15-29-23)24-26-21-5-3-17(14-22(21)27-24)16-7-9-25-10-8-16;3-2(4,5)1(6)7/h3-10,13-14,19H,2,11-12,15H2,1H3,(H,26,27);(H,6,7). The molecule has 0 aliphatic carbocycles. The molecule has 4 aromatic rings. The van der Waals surface area contributed by atoms with Crippen LogP contribution in [0.4, 0.5) is 13.2 Å². The maximum Gasteiger partial charge on any atom is 0.490 e. The maximum atomic E-state index is 10.6. The Labute approximate surface area is 204 Å². The van der Waals surface area contributed by atoms with Crippen LogP contribution < -0.4 is 9.47 Å². The molecule has 2 aromatic heterocycles. The number of aliphatic carboxylic acids is 1. The van der Waals surface area contributed by atoms with Gasteiger partial charge in [-0.3, -0.25) is 4.98 Å². The number of pyridine rings is 1. The van der Waals surface area contributed by atoms with Crippen LogP contribution in [0.2, 0.25) is 0 Å². The number of hydrogen-bond donors (Lipinski definition) is 2. The molecule has 0 fully saturated rings. The summed E-state index contributed by atoms with van der Waals surface area (Å²) in [5, 5.41) is 7.12. The van der Waals surface area contributed by atoms with Gasteiger partial charge < -0.3 is 19.6 Å². The van der Waals surface area contributed by atoms with E-state index in [0.717, 1.165) is 58.9 Å². The number of aromatic amines is 1. The van der Waals surface area contributed by atoms with Crippen molar-refractivity contribution in [3.63, 3.8) is 0 Å². The molecule has 36 heavy (non-hydrogen) atoms. The molecule has 3 heterocycles. The maximum absolute atomic E-state index is 10.6. The van der Waals surface area contributed by atoms with Crippen LogP contribution in [0.25, 0.3) is 22.2 Å². The average Bonchev–Trinajstić information content (AvgIpc) is 3.31. The predicted octanol–water partition coefficient (Wildman–Crippen LogP) is 5.77. The third-order valence-electron chi connectivity index (χ3n) is 5.55. The number of benzene rings is 2. The summed E-state index contributed by atoms with van der Waals surface area (Å²) in [7, 11) is 0. The number of imidazole rings is 1. The van der Waals surface area contributed by atoms with Crippen LogP contribution in [0.1, 0.15) is 30.7 Å². The van der Waals surface area contributed by atoms with Crippen molar-refractivity contribution < 1.29 is 32.5 Å². The van der Waals surface area contributed by atoms with Crippen molar-refractivity contribution in [3.8, 4) is 22.6 Å². The molecule has 0 spiro atoms. The zero-order valence-electron chi connectivity index (χ0n) is 19.4. The summed E-state index contributed by atoms with van der Waals surface area (Å²) in [6.07, 6.45) is 0.423. The minimum Gasteiger partial charge on any atom is -0.494 e. The van der Waals surface area contributed by atoms with Crippen LogP contribution in [0.3, 0.4) is 0 Å². The number of carboxylic acid groups (broad SMARTS) is 1. The monoisotopic (exact) mass is 499 g/mol. The van der Waals surface area contributed by atoms with Gasteiger partial charge in [0.15, 0.2) is 0 Å². The molecule has 1 atom stereocenters. The third kappa shape index (κ3) is 5.94. The van der Waals surface area contributed by atoms with Gasteiger partial charge in [0.2, 0.25) is 0 Å². The van der Waals surface area contributed by atoms with E-state index < -0.39 is 12.1 Å². The fourth-order valence-electron chi connectivity index (χ4n) is 3.80.